The highest BCUT2D eigenvalue weighted by molar-refractivity contribution is 6.02. The summed E-state index contributed by atoms with van der Waals surface area (Å²) in [6.45, 7) is 4.82. The first kappa shape index (κ1) is 15.4. The zero-order valence-electron chi connectivity index (χ0n) is 13.8. The Morgan fingerprint density at radius 3 is 2.70 bits per heavy atom. The van der Waals surface area contributed by atoms with E-state index in [1.165, 1.54) is 0 Å². The van der Waals surface area contributed by atoms with Crippen molar-refractivity contribution in [2.24, 2.45) is 0 Å². The fourth-order valence-corrected chi connectivity index (χ4v) is 3.16. The Bertz CT molecular complexity index is 729. The highest BCUT2D eigenvalue weighted by Crippen LogP contribution is 2.38. The molecule has 0 saturated carbocycles. The predicted molar refractivity (Wildman–Crippen MR) is 91.7 cm³/mol. The molecule has 1 heterocycles. The summed E-state index contributed by atoms with van der Waals surface area (Å²) in [5.41, 5.74) is 2.00. The molecule has 23 heavy (non-hydrogen) atoms. The van der Waals surface area contributed by atoms with Gasteiger partial charge in [0.05, 0.1) is 12.7 Å². The van der Waals surface area contributed by atoms with Gasteiger partial charge in [-0.2, -0.15) is 0 Å². The monoisotopic (exact) mass is 310 g/mol. The van der Waals surface area contributed by atoms with E-state index in [-0.39, 0.29) is 5.91 Å². The van der Waals surface area contributed by atoms with Crippen molar-refractivity contribution in [2.75, 3.05) is 19.0 Å². The molecule has 2 aromatic carbocycles. The molecule has 4 heteroatoms. The fourth-order valence-electron chi connectivity index (χ4n) is 3.16. The van der Waals surface area contributed by atoms with Crippen molar-refractivity contribution < 1.29 is 9.53 Å². The molecule has 0 radical (unpaired) electrons. The normalized spacial score (nSPS) is 20.0. The smallest absolute Gasteiger partial charge is 0.258 e. The molecule has 3 rings (SSSR count). The first-order valence-electron chi connectivity index (χ1n) is 7.94. The van der Waals surface area contributed by atoms with E-state index >= 15 is 0 Å². The molecule has 1 amide bonds. The fraction of sp³-hybridized carbons (Fsp3) is 0.316. The van der Waals surface area contributed by atoms with Gasteiger partial charge in [-0.1, -0.05) is 31.2 Å². The summed E-state index contributed by atoms with van der Waals surface area (Å²) in [4.78, 5) is 14.9. The molecule has 0 fully saturated rings. The van der Waals surface area contributed by atoms with Crippen molar-refractivity contribution in [3.63, 3.8) is 0 Å². The first-order chi connectivity index (χ1) is 11.1. The zero-order valence-corrected chi connectivity index (χ0v) is 13.8. The van der Waals surface area contributed by atoms with Gasteiger partial charge in [-0.3, -0.25) is 4.79 Å². The van der Waals surface area contributed by atoms with Gasteiger partial charge < -0.3 is 15.0 Å². The van der Waals surface area contributed by atoms with Crippen LogP contribution in [0.2, 0.25) is 0 Å². The lowest BCUT2D eigenvalue weighted by atomic mass is 9.93. The number of fused-ring (bicyclic) bond motifs is 1. The molecule has 0 aliphatic carbocycles. The van der Waals surface area contributed by atoms with Gasteiger partial charge >= 0.3 is 0 Å². The van der Waals surface area contributed by atoms with E-state index in [0.717, 1.165) is 29.0 Å². The lowest BCUT2D eigenvalue weighted by Gasteiger charge is -2.46. The second-order valence-electron chi connectivity index (χ2n) is 5.93. The Morgan fingerprint density at radius 2 is 1.96 bits per heavy atom. The van der Waals surface area contributed by atoms with Crippen LogP contribution in [0.1, 0.15) is 36.2 Å². The number of ether oxygens (including phenoxy) is 1. The van der Waals surface area contributed by atoms with Crippen LogP contribution in [0.25, 0.3) is 0 Å². The lowest BCUT2D eigenvalue weighted by Crippen LogP contribution is -2.56. The molecule has 4 nitrogen and oxygen atoms in total. The number of methoxy groups -OCH3 is 1. The van der Waals surface area contributed by atoms with Gasteiger partial charge in [0.1, 0.15) is 11.4 Å². The van der Waals surface area contributed by atoms with Crippen LogP contribution in [0.3, 0.4) is 0 Å². The van der Waals surface area contributed by atoms with Gasteiger partial charge in [0, 0.05) is 17.8 Å². The van der Waals surface area contributed by atoms with E-state index in [9.17, 15) is 4.79 Å². The Labute approximate surface area is 137 Å². The second kappa shape index (κ2) is 5.95. The molecule has 1 aliphatic rings. The molecule has 0 saturated heterocycles. The van der Waals surface area contributed by atoms with E-state index in [0.29, 0.717) is 6.54 Å². The minimum absolute atomic E-state index is 0.0616. The van der Waals surface area contributed by atoms with Gasteiger partial charge in [0.2, 0.25) is 0 Å². The third-order valence-corrected chi connectivity index (χ3v) is 4.40. The van der Waals surface area contributed by atoms with Crippen LogP contribution < -0.4 is 10.1 Å². The minimum Gasteiger partial charge on any atom is -0.497 e. The van der Waals surface area contributed by atoms with E-state index in [2.05, 4.69) is 12.2 Å². The van der Waals surface area contributed by atoms with Gasteiger partial charge in [-0.25, -0.2) is 0 Å². The third-order valence-electron chi connectivity index (χ3n) is 4.40. The average molecular weight is 310 g/mol. The summed E-state index contributed by atoms with van der Waals surface area (Å²) in [6, 6.07) is 15.5. The number of para-hydroxylation sites is 1. The highest BCUT2D eigenvalue weighted by Gasteiger charge is 2.41. The largest absolute Gasteiger partial charge is 0.497 e. The van der Waals surface area contributed by atoms with Crippen LogP contribution in [-0.4, -0.2) is 24.5 Å². The number of nitrogens with zero attached hydrogens (tertiary/aromatic N) is 1. The number of amides is 1. The highest BCUT2D eigenvalue weighted by atomic mass is 16.5. The summed E-state index contributed by atoms with van der Waals surface area (Å²) in [6.07, 6.45) is 0.898. The van der Waals surface area contributed by atoms with Crippen LogP contribution >= 0.6 is 0 Å². The second-order valence-corrected chi connectivity index (χ2v) is 5.93. The molecule has 1 aliphatic heterocycles. The maximum atomic E-state index is 13.0. The van der Waals surface area contributed by atoms with Crippen molar-refractivity contribution in [1.29, 1.82) is 0 Å². The van der Waals surface area contributed by atoms with Gasteiger partial charge in [-0.15, -0.1) is 0 Å². The summed E-state index contributed by atoms with van der Waals surface area (Å²) < 4.78 is 5.35. The molecule has 0 bridgehead atoms. The maximum absolute atomic E-state index is 13.0. The van der Waals surface area contributed by atoms with E-state index in [1.807, 2.05) is 60.4 Å². The molecule has 1 atom stereocenters. The third kappa shape index (κ3) is 2.54. The summed E-state index contributed by atoms with van der Waals surface area (Å²) in [5.74, 6) is 0.847. The number of carbonyl (C=O) groups excluding carboxylic acids is 1. The molecular formula is C19H22N2O2. The van der Waals surface area contributed by atoms with Crippen molar-refractivity contribution in [3.05, 3.63) is 59.7 Å². The summed E-state index contributed by atoms with van der Waals surface area (Å²) >= 11 is 0. The maximum Gasteiger partial charge on any atom is 0.258 e. The van der Waals surface area contributed by atoms with Crippen LogP contribution in [0.15, 0.2) is 48.5 Å². The van der Waals surface area contributed by atoms with E-state index in [1.54, 1.807) is 7.11 Å². The van der Waals surface area contributed by atoms with Gasteiger partial charge in [0.15, 0.2) is 0 Å². The van der Waals surface area contributed by atoms with Gasteiger partial charge in [0.25, 0.3) is 5.91 Å². The summed E-state index contributed by atoms with van der Waals surface area (Å²) in [5, 5.41) is 3.56. The Morgan fingerprint density at radius 1 is 1.17 bits per heavy atom. The molecule has 2 aromatic rings. The predicted octanol–water partition coefficient (Wildman–Crippen LogP) is 3.85. The van der Waals surface area contributed by atoms with Crippen LogP contribution in [-0.2, 0) is 5.66 Å². The quantitative estimate of drug-likeness (QED) is 0.932. The van der Waals surface area contributed by atoms with Crippen molar-refractivity contribution >= 4 is 11.6 Å². The standard InChI is InChI=1S/C19H22N2O2/c1-4-12-21-18(22)16-10-5-6-11-17(16)20-19(21,2)14-8-7-9-15(13-14)23-3/h5-11,13,20H,4,12H2,1-3H3. The first-order valence-corrected chi connectivity index (χ1v) is 7.94. The van der Waals surface area contributed by atoms with Crippen molar-refractivity contribution in [1.82, 2.24) is 4.90 Å². The summed E-state index contributed by atoms with van der Waals surface area (Å²) in [7, 11) is 1.65. The molecule has 0 spiro atoms. The van der Waals surface area contributed by atoms with Crippen LogP contribution in [0.4, 0.5) is 5.69 Å². The number of benzene rings is 2. The number of hydrogen-bond acceptors (Lipinski definition) is 3. The Hall–Kier alpha value is -2.49. The molecule has 1 N–H and O–H groups in total. The Kier molecular flexibility index (Phi) is 3.99. The number of rotatable bonds is 4. The Balaban J connectivity index is 2.13. The van der Waals surface area contributed by atoms with Crippen molar-refractivity contribution in [2.45, 2.75) is 25.9 Å². The topological polar surface area (TPSA) is 41.6 Å². The van der Waals surface area contributed by atoms with Crippen LogP contribution in [0, 0.1) is 0 Å². The minimum atomic E-state index is -0.601. The molecule has 1 unspecified atom stereocenters. The van der Waals surface area contributed by atoms with E-state index < -0.39 is 5.66 Å². The molecule has 120 valence electrons. The lowest BCUT2D eigenvalue weighted by molar-refractivity contribution is 0.0535. The molecular weight excluding hydrogens is 288 g/mol. The van der Waals surface area contributed by atoms with Crippen LogP contribution in [0.5, 0.6) is 5.75 Å². The number of anilines is 1. The van der Waals surface area contributed by atoms with E-state index in [4.69, 9.17) is 4.74 Å². The number of hydrogen-bond donors (Lipinski definition) is 1. The zero-order chi connectivity index (χ0) is 16.4. The average Bonchev–Trinajstić information content (AvgIpc) is 2.58. The SMILES string of the molecule is CCCN1C(=O)c2ccccc2NC1(C)c1cccc(OC)c1. The van der Waals surface area contributed by atoms with Gasteiger partial charge in [-0.05, 0) is 37.6 Å². The molecule has 0 aromatic heterocycles. The number of nitrogens with one attached hydrogen (secondary N) is 1. The number of carbonyl (C=O) groups is 1. The van der Waals surface area contributed by atoms with Crippen molar-refractivity contribution in [3.8, 4) is 5.75 Å².